The highest BCUT2D eigenvalue weighted by Gasteiger charge is 2.67. The molecule has 2 amide bonds. The number of aryl methyl sites for hydroxylation is 1. The fraction of sp³-hybridized carbons (Fsp3) is 0.192. The highest BCUT2D eigenvalue weighted by Crippen LogP contribution is 2.39. The van der Waals surface area contributed by atoms with Gasteiger partial charge < -0.3 is 10.1 Å². The number of halogens is 3. The summed E-state index contributed by atoms with van der Waals surface area (Å²) in [7, 11) is 1.49. The van der Waals surface area contributed by atoms with E-state index in [4.69, 9.17) is 4.74 Å². The number of hydrogen-bond donors (Lipinski definition) is 1. The standard InChI is InChI=1S/C26H22F3N3O3/c1-17-8-6-7-11-21(17)23(33)31-25(26(27,28)29)24(34)32(16-18-12-14-20(35-2)15-13-18)22(30-25)19-9-4-3-5-10-19/h3-15H,16H2,1-2H3,(H,31,33)/t25-/m1/s1. The number of benzene rings is 3. The summed E-state index contributed by atoms with van der Waals surface area (Å²) in [6.07, 6.45) is -5.20. The Labute approximate surface area is 200 Å². The van der Waals surface area contributed by atoms with Crippen LogP contribution in [0.25, 0.3) is 0 Å². The van der Waals surface area contributed by atoms with Crippen molar-refractivity contribution < 1.29 is 27.5 Å². The van der Waals surface area contributed by atoms with E-state index in [1.54, 1.807) is 73.7 Å². The van der Waals surface area contributed by atoms with Gasteiger partial charge in [0.2, 0.25) is 0 Å². The highest BCUT2D eigenvalue weighted by molar-refractivity contribution is 6.16. The van der Waals surface area contributed by atoms with Crippen molar-refractivity contribution >= 4 is 17.6 Å². The van der Waals surface area contributed by atoms with E-state index in [2.05, 4.69) is 4.99 Å². The zero-order chi connectivity index (χ0) is 25.2. The lowest BCUT2D eigenvalue weighted by Crippen LogP contribution is -2.63. The molecule has 1 N–H and O–H groups in total. The molecular weight excluding hydrogens is 459 g/mol. The second-order valence-electron chi connectivity index (χ2n) is 8.02. The number of carbonyl (C=O) groups is 2. The lowest BCUT2D eigenvalue weighted by molar-refractivity contribution is -0.196. The molecule has 0 radical (unpaired) electrons. The Hall–Kier alpha value is -4.14. The van der Waals surface area contributed by atoms with Crippen molar-refractivity contribution in [3.8, 4) is 5.75 Å². The summed E-state index contributed by atoms with van der Waals surface area (Å²) in [5.41, 5.74) is -2.11. The van der Waals surface area contributed by atoms with Crippen molar-refractivity contribution in [1.29, 1.82) is 0 Å². The van der Waals surface area contributed by atoms with Gasteiger partial charge in [-0.1, -0.05) is 60.7 Å². The van der Waals surface area contributed by atoms with Crippen molar-refractivity contribution in [2.75, 3.05) is 7.11 Å². The maximum absolute atomic E-state index is 14.6. The zero-order valence-corrected chi connectivity index (χ0v) is 19.0. The van der Waals surface area contributed by atoms with Gasteiger partial charge in [0.25, 0.3) is 11.8 Å². The average Bonchev–Trinajstić information content (AvgIpc) is 3.12. The summed E-state index contributed by atoms with van der Waals surface area (Å²) < 4.78 is 48.8. The third-order valence-corrected chi connectivity index (χ3v) is 5.71. The first-order chi connectivity index (χ1) is 16.7. The van der Waals surface area contributed by atoms with Crippen molar-refractivity contribution in [2.24, 2.45) is 4.99 Å². The fourth-order valence-corrected chi connectivity index (χ4v) is 3.82. The van der Waals surface area contributed by atoms with Crippen molar-refractivity contribution in [2.45, 2.75) is 25.3 Å². The first-order valence-electron chi connectivity index (χ1n) is 10.7. The van der Waals surface area contributed by atoms with Crippen LogP contribution < -0.4 is 10.1 Å². The third kappa shape index (κ3) is 4.49. The number of carbonyl (C=O) groups excluding carboxylic acids is 2. The minimum Gasteiger partial charge on any atom is -0.497 e. The molecule has 0 saturated carbocycles. The number of amides is 2. The number of amidine groups is 1. The molecule has 0 fully saturated rings. The first-order valence-corrected chi connectivity index (χ1v) is 10.7. The van der Waals surface area contributed by atoms with Gasteiger partial charge >= 0.3 is 11.8 Å². The number of ether oxygens (including phenoxy) is 1. The molecule has 1 aliphatic rings. The van der Waals surface area contributed by atoms with Crippen LogP contribution in [0, 0.1) is 6.92 Å². The summed E-state index contributed by atoms with van der Waals surface area (Å²) in [6.45, 7) is 1.41. The number of aliphatic imine (C=N–C) groups is 1. The lowest BCUT2D eigenvalue weighted by atomic mass is 10.1. The second-order valence-corrected chi connectivity index (χ2v) is 8.02. The summed E-state index contributed by atoms with van der Waals surface area (Å²) in [5, 5.41) is 1.91. The van der Waals surface area contributed by atoms with Crippen LogP contribution in [0.3, 0.4) is 0 Å². The van der Waals surface area contributed by atoms with Crippen LogP contribution in [-0.2, 0) is 11.3 Å². The quantitative estimate of drug-likeness (QED) is 0.564. The zero-order valence-electron chi connectivity index (χ0n) is 19.0. The number of nitrogens with zero attached hydrogens (tertiary/aromatic N) is 2. The summed E-state index contributed by atoms with van der Waals surface area (Å²) in [6, 6.07) is 20.9. The number of rotatable bonds is 6. The Morgan fingerprint density at radius 1 is 1.00 bits per heavy atom. The Morgan fingerprint density at radius 2 is 1.63 bits per heavy atom. The maximum atomic E-state index is 14.6. The first kappa shape index (κ1) is 24.0. The van der Waals surface area contributed by atoms with E-state index in [1.165, 1.54) is 19.2 Å². The molecule has 0 aliphatic carbocycles. The van der Waals surface area contributed by atoms with E-state index < -0.39 is 23.7 Å². The van der Waals surface area contributed by atoms with Crippen LogP contribution in [0.15, 0.2) is 83.9 Å². The molecule has 9 heteroatoms. The minimum atomic E-state index is -5.20. The minimum absolute atomic E-state index is 0.0222. The monoisotopic (exact) mass is 481 g/mol. The molecule has 180 valence electrons. The van der Waals surface area contributed by atoms with Gasteiger partial charge in [0.15, 0.2) is 0 Å². The van der Waals surface area contributed by atoms with Crippen LogP contribution >= 0.6 is 0 Å². The van der Waals surface area contributed by atoms with E-state index in [9.17, 15) is 22.8 Å². The molecule has 0 saturated heterocycles. The molecule has 3 aromatic rings. The summed E-state index contributed by atoms with van der Waals surface area (Å²) in [4.78, 5) is 31.2. The maximum Gasteiger partial charge on any atom is 0.442 e. The summed E-state index contributed by atoms with van der Waals surface area (Å²) in [5.74, 6) is -2.06. The van der Waals surface area contributed by atoms with E-state index in [1.807, 2.05) is 5.32 Å². The van der Waals surface area contributed by atoms with Crippen LogP contribution in [0.1, 0.15) is 27.0 Å². The van der Waals surface area contributed by atoms with Crippen LogP contribution in [0.5, 0.6) is 5.75 Å². The smallest absolute Gasteiger partial charge is 0.442 e. The Balaban J connectivity index is 1.79. The number of methoxy groups -OCH3 is 1. The van der Waals surface area contributed by atoms with Crippen molar-refractivity contribution in [3.05, 3.63) is 101 Å². The van der Waals surface area contributed by atoms with Gasteiger partial charge in [-0.2, -0.15) is 13.2 Å². The molecule has 0 spiro atoms. The molecule has 1 heterocycles. The van der Waals surface area contributed by atoms with E-state index >= 15 is 0 Å². The van der Waals surface area contributed by atoms with Gasteiger partial charge in [-0.05, 0) is 36.2 Å². The van der Waals surface area contributed by atoms with Crippen LogP contribution in [0.4, 0.5) is 13.2 Å². The molecule has 1 atom stereocenters. The Bertz CT molecular complexity index is 1270. The van der Waals surface area contributed by atoms with E-state index in [0.717, 1.165) is 4.90 Å². The molecule has 35 heavy (non-hydrogen) atoms. The van der Waals surface area contributed by atoms with Crippen LogP contribution in [0.2, 0.25) is 0 Å². The predicted molar refractivity (Wildman–Crippen MR) is 124 cm³/mol. The molecule has 0 aromatic heterocycles. The predicted octanol–water partition coefficient (Wildman–Crippen LogP) is 4.48. The third-order valence-electron chi connectivity index (χ3n) is 5.71. The second kappa shape index (κ2) is 9.25. The number of hydrogen-bond acceptors (Lipinski definition) is 4. The normalized spacial score (nSPS) is 17.8. The van der Waals surface area contributed by atoms with Gasteiger partial charge in [-0.25, -0.2) is 4.99 Å². The molecule has 4 rings (SSSR count). The Morgan fingerprint density at radius 3 is 2.23 bits per heavy atom. The molecular formula is C26H22F3N3O3. The molecule has 3 aromatic carbocycles. The fourth-order valence-electron chi connectivity index (χ4n) is 3.82. The largest absolute Gasteiger partial charge is 0.497 e. The molecule has 6 nitrogen and oxygen atoms in total. The van der Waals surface area contributed by atoms with Gasteiger partial charge in [-0.3, -0.25) is 14.5 Å². The SMILES string of the molecule is COc1ccc(CN2C(=O)[C@@](NC(=O)c3ccccc3C)(C(F)(F)F)N=C2c2ccccc2)cc1. The average molecular weight is 481 g/mol. The Kier molecular flexibility index (Phi) is 6.34. The van der Waals surface area contributed by atoms with Crippen molar-refractivity contribution in [1.82, 2.24) is 10.2 Å². The molecule has 0 bridgehead atoms. The summed E-state index contributed by atoms with van der Waals surface area (Å²) >= 11 is 0. The van der Waals surface area contributed by atoms with Gasteiger partial charge in [-0.15, -0.1) is 0 Å². The molecule has 1 aliphatic heterocycles. The van der Waals surface area contributed by atoms with E-state index in [0.29, 0.717) is 22.4 Å². The van der Waals surface area contributed by atoms with Gasteiger partial charge in [0.05, 0.1) is 13.7 Å². The number of nitrogens with one attached hydrogen (secondary N) is 1. The van der Waals surface area contributed by atoms with E-state index in [-0.39, 0.29) is 17.9 Å². The van der Waals surface area contributed by atoms with Gasteiger partial charge in [0, 0.05) is 11.1 Å². The van der Waals surface area contributed by atoms with Crippen LogP contribution in [-0.4, -0.2) is 41.5 Å². The lowest BCUT2D eigenvalue weighted by Gasteiger charge is -2.29. The molecule has 0 unspecified atom stereocenters. The van der Waals surface area contributed by atoms with Gasteiger partial charge in [0.1, 0.15) is 11.6 Å². The highest BCUT2D eigenvalue weighted by atomic mass is 19.4. The van der Waals surface area contributed by atoms with Crippen molar-refractivity contribution in [3.63, 3.8) is 0 Å². The topological polar surface area (TPSA) is 71.0 Å². The number of alkyl halides is 3.